The van der Waals surface area contributed by atoms with Gasteiger partial charge in [-0.15, -0.1) is 0 Å². The molecule has 152 valence electrons. The van der Waals surface area contributed by atoms with Crippen LogP contribution in [0.25, 0.3) is 0 Å². The van der Waals surface area contributed by atoms with E-state index in [1.54, 1.807) is 0 Å². The van der Waals surface area contributed by atoms with E-state index in [1.165, 1.54) is 0 Å². The molecule has 0 saturated carbocycles. The Morgan fingerprint density at radius 1 is 0.419 bits per heavy atom. The van der Waals surface area contributed by atoms with Gasteiger partial charge < -0.3 is 0 Å². The first-order valence-corrected chi connectivity index (χ1v) is 19.7. The molecule has 4 aromatic rings. The summed E-state index contributed by atoms with van der Waals surface area (Å²) in [6.07, 6.45) is 0. The summed E-state index contributed by atoms with van der Waals surface area (Å²) < 4.78 is 1.64. The standard InChI is InChI=1S/2C12H9N2.2ClH.Sn/c2*1-3-7-11(8-4-1)13-14-12-9-5-2-6-10-12;;;/h2*1-9H;2*1H;/q;;;;+2/p-2. The number of hydrogen-bond acceptors (Lipinski definition) is 4. The summed E-state index contributed by atoms with van der Waals surface area (Å²) in [5.41, 5.74) is 2.86. The van der Waals surface area contributed by atoms with Gasteiger partial charge in [0.1, 0.15) is 0 Å². The number of nitrogens with zero attached hydrogens (tertiary/aromatic N) is 4. The fourth-order valence-corrected chi connectivity index (χ4v) is 12.5. The van der Waals surface area contributed by atoms with Crippen molar-refractivity contribution in [3.8, 4) is 0 Å². The monoisotopic (exact) mass is 552 g/mol. The first-order chi connectivity index (χ1) is 15.1. The fraction of sp³-hybridized carbons (Fsp3) is 0. The maximum absolute atomic E-state index is 7.13. The maximum atomic E-state index is 7.13. The molecule has 0 atom stereocenters. The summed E-state index contributed by atoms with van der Waals surface area (Å²) in [5.74, 6) is 0. The third-order valence-electron chi connectivity index (χ3n) is 4.54. The number of rotatable bonds is 6. The van der Waals surface area contributed by atoms with E-state index in [1.807, 2.05) is 109 Å². The zero-order valence-corrected chi connectivity index (χ0v) is 20.8. The topological polar surface area (TPSA) is 49.4 Å². The quantitative estimate of drug-likeness (QED) is 0.175. The van der Waals surface area contributed by atoms with Gasteiger partial charge in [0, 0.05) is 0 Å². The first-order valence-electron chi connectivity index (χ1n) is 9.65. The normalized spacial score (nSPS) is 11.9. The molecule has 0 unspecified atom stereocenters. The Morgan fingerprint density at radius 3 is 1.19 bits per heavy atom. The Hall–Kier alpha value is -2.54. The molecule has 0 saturated heterocycles. The Labute approximate surface area is 192 Å². The minimum atomic E-state index is -4.10. The van der Waals surface area contributed by atoms with E-state index >= 15 is 0 Å². The summed E-state index contributed by atoms with van der Waals surface area (Å²) >= 11 is -4.10. The second kappa shape index (κ2) is 10.2. The van der Waals surface area contributed by atoms with E-state index in [-0.39, 0.29) is 0 Å². The third-order valence-corrected chi connectivity index (χ3v) is 16.3. The van der Waals surface area contributed by atoms with Crippen LogP contribution < -0.4 is 7.16 Å². The van der Waals surface area contributed by atoms with Crippen molar-refractivity contribution in [2.45, 2.75) is 0 Å². The molecule has 4 nitrogen and oxygen atoms in total. The summed E-state index contributed by atoms with van der Waals surface area (Å²) in [6.45, 7) is 0. The number of halogens is 2. The van der Waals surface area contributed by atoms with Crippen molar-refractivity contribution in [1.82, 2.24) is 0 Å². The molecule has 0 aliphatic heterocycles. The second-order valence-electron chi connectivity index (χ2n) is 6.68. The average molecular weight is 552 g/mol. The molecule has 0 heterocycles. The molecule has 4 aromatic carbocycles. The molecule has 0 aromatic heterocycles. The van der Waals surface area contributed by atoms with Crippen molar-refractivity contribution in [3.05, 3.63) is 109 Å². The van der Waals surface area contributed by atoms with E-state index in [0.29, 0.717) is 11.4 Å². The molecule has 31 heavy (non-hydrogen) atoms. The van der Waals surface area contributed by atoms with Gasteiger partial charge in [0.05, 0.1) is 0 Å². The van der Waals surface area contributed by atoms with Gasteiger partial charge in [-0.2, -0.15) is 0 Å². The molecule has 7 heteroatoms. The van der Waals surface area contributed by atoms with Crippen LogP contribution in [-0.4, -0.2) is 16.1 Å². The van der Waals surface area contributed by atoms with E-state index < -0.39 is 16.1 Å². The summed E-state index contributed by atoms with van der Waals surface area (Å²) in [7, 11) is 14.3. The van der Waals surface area contributed by atoms with Gasteiger partial charge in [-0.25, -0.2) is 0 Å². The molecular formula is C24H18Cl2N4Sn. The van der Waals surface area contributed by atoms with Crippen LogP contribution in [0.3, 0.4) is 0 Å². The SMILES string of the molecule is [Cl][Sn]([Cl])([c]1ccccc1N=Nc1ccccc1)[c]1ccccc1N=Nc1ccccc1. The predicted molar refractivity (Wildman–Crippen MR) is 131 cm³/mol. The summed E-state index contributed by atoms with van der Waals surface area (Å²) in [4.78, 5) is 0. The number of hydrogen-bond donors (Lipinski definition) is 0. The Bertz CT molecular complexity index is 1120. The van der Waals surface area contributed by atoms with Gasteiger partial charge in [-0.3, -0.25) is 0 Å². The van der Waals surface area contributed by atoms with Gasteiger partial charge in [0.25, 0.3) is 0 Å². The van der Waals surface area contributed by atoms with Crippen molar-refractivity contribution in [2.75, 3.05) is 0 Å². The zero-order valence-electron chi connectivity index (χ0n) is 16.4. The van der Waals surface area contributed by atoms with Gasteiger partial charge in [-0.05, 0) is 0 Å². The fourth-order valence-electron chi connectivity index (χ4n) is 3.01. The molecule has 0 N–H and O–H groups in total. The summed E-state index contributed by atoms with van der Waals surface area (Å²) in [5, 5.41) is 17.6. The molecule has 0 amide bonds. The molecule has 0 bridgehead atoms. The van der Waals surface area contributed by atoms with Gasteiger partial charge in [0.2, 0.25) is 0 Å². The van der Waals surface area contributed by atoms with Crippen molar-refractivity contribution in [1.29, 1.82) is 0 Å². The van der Waals surface area contributed by atoms with E-state index in [4.69, 9.17) is 17.8 Å². The van der Waals surface area contributed by atoms with E-state index in [2.05, 4.69) is 20.5 Å². The van der Waals surface area contributed by atoms with Gasteiger partial charge in [0.15, 0.2) is 0 Å². The van der Waals surface area contributed by atoms with Gasteiger partial charge in [-0.1, -0.05) is 0 Å². The molecule has 0 aliphatic carbocycles. The van der Waals surface area contributed by atoms with E-state index in [0.717, 1.165) is 18.5 Å². The predicted octanol–water partition coefficient (Wildman–Crippen LogP) is 7.55. The molecule has 0 aliphatic rings. The molecule has 0 radical (unpaired) electrons. The number of benzene rings is 4. The van der Waals surface area contributed by atoms with Crippen LogP contribution in [0.1, 0.15) is 0 Å². The van der Waals surface area contributed by atoms with Crippen molar-refractivity contribution < 1.29 is 0 Å². The van der Waals surface area contributed by atoms with Crippen LogP contribution in [0.15, 0.2) is 130 Å². The van der Waals surface area contributed by atoms with E-state index in [9.17, 15) is 0 Å². The molecule has 0 fully saturated rings. The van der Waals surface area contributed by atoms with Crippen molar-refractivity contribution in [2.24, 2.45) is 20.5 Å². The van der Waals surface area contributed by atoms with Crippen LogP contribution in [0, 0.1) is 0 Å². The Morgan fingerprint density at radius 2 is 0.774 bits per heavy atom. The third kappa shape index (κ3) is 5.39. The second-order valence-corrected chi connectivity index (χ2v) is 21.9. The van der Waals surface area contributed by atoms with Gasteiger partial charge >= 0.3 is 194 Å². The Balaban J connectivity index is 1.72. The molecule has 4 rings (SSSR count). The minimum absolute atomic E-state index is 0.668. The van der Waals surface area contributed by atoms with Crippen LogP contribution in [0.5, 0.6) is 0 Å². The average Bonchev–Trinajstić information content (AvgIpc) is 2.83. The van der Waals surface area contributed by atoms with Crippen molar-refractivity contribution in [3.63, 3.8) is 0 Å². The van der Waals surface area contributed by atoms with Crippen LogP contribution >= 0.6 is 17.8 Å². The van der Waals surface area contributed by atoms with Crippen LogP contribution in [-0.2, 0) is 0 Å². The summed E-state index contributed by atoms with van der Waals surface area (Å²) in [6, 6.07) is 34.4. The van der Waals surface area contributed by atoms with Crippen LogP contribution in [0.2, 0.25) is 0 Å². The molecule has 0 spiro atoms. The Kier molecular flexibility index (Phi) is 7.12. The molecular weight excluding hydrogens is 534 g/mol. The van der Waals surface area contributed by atoms with Crippen molar-refractivity contribution >= 4 is 63.9 Å². The number of azo groups is 2. The van der Waals surface area contributed by atoms with Crippen LogP contribution in [0.4, 0.5) is 22.7 Å². The first kappa shape index (κ1) is 21.7. The zero-order chi connectivity index (χ0) is 21.5.